The third-order valence-corrected chi connectivity index (χ3v) is 2.88. The number of rotatable bonds is 5. The first kappa shape index (κ1) is 13.3. The zero-order chi connectivity index (χ0) is 12.0. The molecule has 1 rings (SSSR count). The highest BCUT2D eigenvalue weighted by Crippen LogP contribution is 2.24. The van der Waals surface area contributed by atoms with Crippen molar-refractivity contribution in [1.82, 2.24) is 4.90 Å². The van der Waals surface area contributed by atoms with E-state index in [4.69, 9.17) is 9.84 Å². The Balaban J connectivity index is 2.51. The van der Waals surface area contributed by atoms with Crippen LogP contribution in [0.2, 0.25) is 0 Å². The minimum Gasteiger partial charge on any atom is -0.447 e. The third kappa shape index (κ3) is 4.00. The molecule has 0 atom stereocenters. The van der Waals surface area contributed by atoms with Crippen molar-refractivity contribution in [2.24, 2.45) is 5.92 Å². The van der Waals surface area contributed by atoms with Crippen molar-refractivity contribution in [3.8, 4) is 0 Å². The maximum absolute atomic E-state index is 11.8. The topological polar surface area (TPSA) is 49.8 Å². The number of aliphatic hydroxyl groups excluding tert-OH is 1. The Hall–Kier alpha value is -0.770. The number of aliphatic hydroxyl groups is 1. The van der Waals surface area contributed by atoms with E-state index in [9.17, 15) is 4.79 Å². The van der Waals surface area contributed by atoms with Crippen LogP contribution in [0.1, 0.15) is 39.5 Å². The van der Waals surface area contributed by atoms with Crippen LogP contribution in [0.4, 0.5) is 4.79 Å². The fraction of sp³-hybridized carbons (Fsp3) is 0.917. The van der Waals surface area contributed by atoms with Crippen LogP contribution >= 0.6 is 0 Å². The molecule has 16 heavy (non-hydrogen) atoms. The second kappa shape index (κ2) is 6.74. The minimum absolute atomic E-state index is 0.0974. The van der Waals surface area contributed by atoms with E-state index >= 15 is 0 Å². The zero-order valence-corrected chi connectivity index (χ0v) is 10.3. The van der Waals surface area contributed by atoms with Gasteiger partial charge in [0.25, 0.3) is 0 Å². The molecule has 1 N–H and O–H groups in total. The molecule has 0 unspecified atom stereocenters. The predicted molar refractivity (Wildman–Crippen MR) is 62.2 cm³/mol. The van der Waals surface area contributed by atoms with Crippen LogP contribution in [0.15, 0.2) is 0 Å². The van der Waals surface area contributed by atoms with Crippen LogP contribution in [-0.2, 0) is 4.74 Å². The highest BCUT2D eigenvalue weighted by molar-refractivity contribution is 5.68. The number of hydrogen-bond donors (Lipinski definition) is 1. The van der Waals surface area contributed by atoms with Gasteiger partial charge in [0.05, 0.1) is 6.61 Å². The second-order valence-electron chi connectivity index (χ2n) is 4.82. The Morgan fingerprint density at radius 1 is 1.44 bits per heavy atom. The van der Waals surface area contributed by atoms with Gasteiger partial charge in [-0.2, -0.15) is 0 Å². The Morgan fingerprint density at radius 3 is 2.56 bits per heavy atom. The van der Waals surface area contributed by atoms with Crippen LogP contribution in [0, 0.1) is 5.92 Å². The molecule has 1 aliphatic carbocycles. The number of nitrogens with zero attached hydrogens (tertiary/aromatic N) is 1. The van der Waals surface area contributed by atoms with Gasteiger partial charge in [0.2, 0.25) is 0 Å². The molecule has 4 nitrogen and oxygen atoms in total. The highest BCUT2D eigenvalue weighted by Gasteiger charge is 2.27. The molecule has 0 aromatic rings. The Bertz CT molecular complexity index is 212. The molecule has 0 aromatic heterocycles. The molecule has 0 aliphatic heterocycles. The van der Waals surface area contributed by atoms with E-state index < -0.39 is 0 Å². The van der Waals surface area contributed by atoms with Gasteiger partial charge in [0, 0.05) is 12.6 Å². The van der Waals surface area contributed by atoms with E-state index in [-0.39, 0.29) is 19.3 Å². The molecule has 0 heterocycles. The molecule has 4 heteroatoms. The molecule has 0 spiro atoms. The van der Waals surface area contributed by atoms with Crippen LogP contribution in [0.5, 0.6) is 0 Å². The predicted octanol–water partition coefficient (Wildman–Crippen LogP) is 2.02. The quantitative estimate of drug-likeness (QED) is 0.784. The van der Waals surface area contributed by atoms with E-state index in [1.807, 2.05) is 4.90 Å². The molecular formula is C12H23NO3. The Morgan fingerprint density at radius 2 is 2.06 bits per heavy atom. The lowest BCUT2D eigenvalue weighted by Crippen LogP contribution is -2.41. The normalized spacial score (nSPS) is 16.8. The lowest BCUT2D eigenvalue weighted by Gasteiger charge is -2.29. The van der Waals surface area contributed by atoms with Gasteiger partial charge >= 0.3 is 6.09 Å². The number of hydrogen-bond acceptors (Lipinski definition) is 3. The monoisotopic (exact) mass is 229 g/mol. The summed E-state index contributed by atoms with van der Waals surface area (Å²) in [6.07, 6.45) is 4.30. The van der Waals surface area contributed by atoms with Crippen molar-refractivity contribution in [2.75, 3.05) is 19.8 Å². The number of carbonyl (C=O) groups is 1. The smallest absolute Gasteiger partial charge is 0.410 e. The Labute approximate surface area is 97.6 Å². The van der Waals surface area contributed by atoms with E-state index in [0.717, 1.165) is 19.4 Å². The number of ether oxygens (including phenoxy) is 1. The minimum atomic E-state index is -0.269. The standard InChI is InChI=1S/C12H23NO3/c1-10(2)9-13(11-5-3-4-6-11)12(15)16-8-7-14/h10-11,14H,3-9H2,1-2H3. The van der Waals surface area contributed by atoms with E-state index in [0.29, 0.717) is 12.0 Å². The molecule has 0 radical (unpaired) electrons. The summed E-state index contributed by atoms with van der Waals surface area (Å²) in [5.41, 5.74) is 0. The summed E-state index contributed by atoms with van der Waals surface area (Å²) in [6, 6.07) is 0.341. The maximum Gasteiger partial charge on any atom is 0.410 e. The zero-order valence-electron chi connectivity index (χ0n) is 10.3. The summed E-state index contributed by atoms with van der Waals surface area (Å²) in [5.74, 6) is 0.447. The van der Waals surface area contributed by atoms with Crippen LogP contribution in [-0.4, -0.2) is 41.9 Å². The second-order valence-corrected chi connectivity index (χ2v) is 4.82. The van der Waals surface area contributed by atoms with Gasteiger partial charge in [-0.3, -0.25) is 0 Å². The summed E-state index contributed by atoms with van der Waals surface area (Å²) in [5, 5.41) is 8.65. The fourth-order valence-corrected chi connectivity index (χ4v) is 2.20. The summed E-state index contributed by atoms with van der Waals surface area (Å²) in [6.45, 7) is 4.93. The first-order chi connectivity index (χ1) is 7.65. The molecule has 1 amide bonds. The van der Waals surface area contributed by atoms with E-state index in [1.54, 1.807) is 0 Å². The largest absolute Gasteiger partial charge is 0.447 e. The maximum atomic E-state index is 11.8. The first-order valence-corrected chi connectivity index (χ1v) is 6.19. The molecule has 1 aliphatic rings. The van der Waals surface area contributed by atoms with Gasteiger partial charge in [-0.05, 0) is 18.8 Å². The first-order valence-electron chi connectivity index (χ1n) is 6.19. The van der Waals surface area contributed by atoms with E-state index in [1.165, 1.54) is 12.8 Å². The summed E-state index contributed by atoms with van der Waals surface area (Å²) < 4.78 is 5.00. The molecule has 94 valence electrons. The molecule has 0 aromatic carbocycles. The number of carbonyl (C=O) groups excluding carboxylic acids is 1. The molecule has 0 saturated heterocycles. The van der Waals surface area contributed by atoms with Gasteiger partial charge in [-0.1, -0.05) is 26.7 Å². The van der Waals surface area contributed by atoms with E-state index in [2.05, 4.69) is 13.8 Å². The average Bonchev–Trinajstić information content (AvgIpc) is 2.75. The summed E-state index contributed by atoms with van der Waals surface area (Å²) in [4.78, 5) is 13.7. The van der Waals surface area contributed by atoms with Crippen LogP contribution in [0.25, 0.3) is 0 Å². The SMILES string of the molecule is CC(C)CN(C(=O)OCCO)C1CCCC1. The van der Waals surface area contributed by atoms with Gasteiger partial charge < -0.3 is 14.7 Å². The lowest BCUT2D eigenvalue weighted by molar-refractivity contribution is 0.0673. The van der Waals surface area contributed by atoms with Crippen LogP contribution in [0.3, 0.4) is 0 Å². The Kier molecular flexibility index (Phi) is 5.60. The molecule has 0 bridgehead atoms. The van der Waals surface area contributed by atoms with Crippen molar-refractivity contribution in [1.29, 1.82) is 0 Å². The third-order valence-electron chi connectivity index (χ3n) is 2.88. The fourth-order valence-electron chi connectivity index (χ4n) is 2.20. The molecule has 1 fully saturated rings. The number of amides is 1. The van der Waals surface area contributed by atoms with Crippen molar-refractivity contribution < 1.29 is 14.6 Å². The van der Waals surface area contributed by atoms with Gasteiger partial charge in [-0.15, -0.1) is 0 Å². The average molecular weight is 229 g/mol. The van der Waals surface area contributed by atoms with Crippen molar-refractivity contribution in [3.63, 3.8) is 0 Å². The van der Waals surface area contributed by atoms with Gasteiger partial charge in [-0.25, -0.2) is 4.79 Å². The van der Waals surface area contributed by atoms with Gasteiger partial charge in [0.1, 0.15) is 6.61 Å². The van der Waals surface area contributed by atoms with Crippen molar-refractivity contribution in [2.45, 2.75) is 45.6 Å². The van der Waals surface area contributed by atoms with Crippen molar-refractivity contribution >= 4 is 6.09 Å². The lowest BCUT2D eigenvalue weighted by atomic mass is 10.1. The molecule has 1 saturated carbocycles. The van der Waals surface area contributed by atoms with Gasteiger partial charge in [0.15, 0.2) is 0 Å². The molecular weight excluding hydrogens is 206 g/mol. The van der Waals surface area contributed by atoms with Crippen LogP contribution < -0.4 is 0 Å². The van der Waals surface area contributed by atoms with Crippen molar-refractivity contribution in [3.05, 3.63) is 0 Å². The summed E-state index contributed by atoms with van der Waals surface area (Å²) in [7, 11) is 0. The summed E-state index contributed by atoms with van der Waals surface area (Å²) >= 11 is 0. The highest BCUT2D eigenvalue weighted by atomic mass is 16.6.